The first kappa shape index (κ1) is 52.3. The van der Waals surface area contributed by atoms with Crippen LogP contribution < -0.4 is 26.2 Å². The van der Waals surface area contributed by atoms with Gasteiger partial charge < -0.3 is 35.4 Å². The maximum Gasteiger partial charge on any atom is 0.408 e. The summed E-state index contributed by atoms with van der Waals surface area (Å²) in [6, 6.07) is 13.4. The number of fused-ring (bicyclic) bond motifs is 1. The van der Waals surface area contributed by atoms with Crippen LogP contribution in [0.15, 0.2) is 64.8 Å². The summed E-state index contributed by atoms with van der Waals surface area (Å²) in [5.41, 5.74) is 2.65. The fourth-order valence-electron chi connectivity index (χ4n) is 11.8. The summed E-state index contributed by atoms with van der Waals surface area (Å²) in [5, 5.41) is 12.4. The number of imide groups is 1. The molecule has 1 unspecified atom stereocenters. The number of hydrogen-bond donors (Lipinski definition) is 4. The van der Waals surface area contributed by atoms with Crippen molar-refractivity contribution >= 4 is 58.9 Å². The van der Waals surface area contributed by atoms with Gasteiger partial charge in [0.1, 0.15) is 22.5 Å². The maximum atomic E-state index is 13.3. The second kappa shape index (κ2) is 22.5. The van der Waals surface area contributed by atoms with E-state index >= 15 is 0 Å². The standard InChI is InChI=1S/C55H74N10O7S/c1-53(2,3)72-52(71)61-54(4)21-25-63(26-22-54)45-31-57-48(32-56-45)73-42-11-9-10-40(29-42)59-46(66)12-7-5-6-8-24-62-34-55(35-62)23-27-64(36-55)41-16-14-38(15-17-41)49(68)58-30-37-13-18-43-39(28-37)33-65(51(43)70)44-19-20-47(67)60-50(44)69/h9-11,13,18,28-29,31-32,38,41,44H,5-8,12,14-17,19-27,30,33-36H2,1-4H3,(H,58,68)(H,59,66)(H,61,71)(H,60,67,69). The van der Waals surface area contributed by atoms with Crippen LogP contribution in [-0.4, -0.2) is 129 Å². The monoisotopic (exact) mass is 1020 g/mol. The minimum absolute atomic E-state index is 0.0129. The molecule has 73 heavy (non-hydrogen) atoms. The van der Waals surface area contributed by atoms with Gasteiger partial charge in [-0.3, -0.25) is 34.2 Å². The SMILES string of the molecule is CC1(NC(=O)OC(C)(C)C)CCN(c2cnc(Sc3cccc(NC(=O)CCCCCCN4CC5(CCN(C6CCC(C(=O)NCc7ccc8c(c7)CN(C7CCC(=O)NC7=O)C8=O)CC6)C5)C4)c3)cn2)CC1. The van der Waals surface area contributed by atoms with E-state index in [0.29, 0.717) is 43.0 Å². The van der Waals surface area contributed by atoms with Crippen molar-refractivity contribution in [2.45, 2.75) is 164 Å². The Hall–Kier alpha value is -5.59. The number of hydrogen-bond acceptors (Lipinski definition) is 13. The summed E-state index contributed by atoms with van der Waals surface area (Å²) >= 11 is 1.51. The van der Waals surface area contributed by atoms with Gasteiger partial charge in [-0.15, -0.1) is 0 Å². The lowest BCUT2D eigenvalue weighted by Gasteiger charge is -2.49. The van der Waals surface area contributed by atoms with Crippen LogP contribution in [0.5, 0.6) is 0 Å². The number of alkyl carbamates (subject to hydrolysis) is 1. The number of piperidine rings is 2. The topological polar surface area (TPSA) is 199 Å². The van der Waals surface area contributed by atoms with Gasteiger partial charge in [0, 0.05) is 97.7 Å². The molecule has 2 aromatic carbocycles. The van der Waals surface area contributed by atoms with Crippen LogP contribution in [0.4, 0.5) is 16.3 Å². The first-order valence-corrected chi connectivity index (χ1v) is 27.5. The van der Waals surface area contributed by atoms with E-state index in [2.05, 4.69) is 47.9 Å². The van der Waals surface area contributed by atoms with Crippen LogP contribution in [0.3, 0.4) is 0 Å². The van der Waals surface area contributed by atoms with Crippen LogP contribution in [0.25, 0.3) is 0 Å². The van der Waals surface area contributed by atoms with Crippen LogP contribution in [0, 0.1) is 11.3 Å². The number of carbonyl (C=O) groups is 6. The molecule has 9 rings (SSSR count). The summed E-state index contributed by atoms with van der Waals surface area (Å²) in [7, 11) is 0. The van der Waals surface area contributed by atoms with E-state index in [-0.39, 0.29) is 47.6 Å². The van der Waals surface area contributed by atoms with Crippen LogP contribution in [0.2, 0.25) is 0 Å². The predicted octanol–water partition coefficient (Wildman–Crippen LogP) is 7.04. The second-order valence-electron chi connectivity index (χ2n) is 22.8. The molecule has 4 saturated heterocycles. The predicted molar refractivity (Wildman–Crippen MR) is 279 cm³/mol. The fraction of sp³-hybridized carbons (Fsp3) is 0.600. The molecule has 1 aliphatic carbocycles. The highest BCUT2D eigenvalue weighted by molar-refractivity contribution is 7.99. The van der Waals surface area contributed by atoms with E-state index in [0.717, 1.165) is 129 Å². The van der Waals surface area contributed by atoms with Crippen LogP contribution in [0.1, 0.15) is 139 Å². The Labute approximate surface area is 434 Å². The zero-order valence-electron chi connectivity index (χ0n) is 43.1. The number of ether oxygens (including phenoxy) is 1. The van der Waals surface area contributed by atoms with Crippen molar-refractivity contribution in [1.29, 1.82) is 0 Å². The number of amides is 6. The average molecular weight is 1020 g/mol. The first-order chi connectivity index (χ1) is 35.0. The molecule has 0 radical (unpaired) electrons. The van der Waals surface area contributed by atoms with Gasteiger partial charge in [0.05, 0.1) is 12.4 Å². The van der Waals surface area contributed by atoms with E-state index in [1.165, 1.54) is 31.3 Å². The number of nitrogens with zero attached hydrogens (tertiary/aromatic N) is 6. The summed E-state index contributed by atoms with van der Waals surface area (Å²) in [4.78, 5) is 95.1. The Morgan fingerprint density at radius 3 is 2.40 bits per heavy atom. The van der Waals surface area contributed by atoms with Crippen molar-refractivity contribution in [2.75, 3.05) is 56.0 Å². The Kier molecular flexibility index (Phi) is 16.1. The molecular weight excluding hydrogens is 945 g/mol. The number of rotatable bonds is 17. The molecule has 392 valence electrons. The van der Waals surface area contributed by atoms with Crippen molar-refractivity contribution in [3.63, 3.8) is 0 Å². The summed E-state index contributed by atoms with van der Waals surface area (Å²) in [6.07, 6.45) is 15.1. The molecule has 1 aromatic heterocycles. The van der Waals surface area contributed by atoms with Gasteiger partial charge in [-0.25, -0.2) is 14.8 Å². The number of benzene rings is 2. The molecule has 6 amide bonds. The molecule has 5 fully saturated rings. The zero-order chi connectivity index (χ0) is 51.3. The zero-order valence-corrected chi connectivity index (χ0v) is 44.0. The highest BCUT2D eigenvalue weighted by Gasteiger charge is 2.49. The minimum atomic E-state index is -0.643. The van der Waals surface area contributed by atoms with E-state index in [1.807, 2.05) is 57.2 Å². The number of aromatic nitrogens is 2. The van der Waals surface area contributed by atoms with Crippen molar-refractivity contribution < 1.29 is 33.5 Å². The Morgan fingerprint density at radius 2 is 1.66 bits per heavy atom. The van der Waals surface area contributed by atoms with E-state index < -0.39 is 17.6 Å². The van der Waals surface area contributed by atoms with Gasteiger partial charge in [0.2, 0.25) is 23.6 Å². The van der Waals surface area contributed by atoms with Gasteiger partial charge in [-0.2, -0.15) is 0 Å². The van der Waals surface area contributed by atoms with E-state index in [4.69, 9.17) is 9.72 Å². The smallest absolute Gasteiger partial charge is 0.408 e. The number of carbonyl (C=O) groups excluding carboxylic acids is 6. The van der Waals surface area contributed by atoms with Crippen LogP contribution >= 0.6 is 11.8 Å². The van der Waals surface area contributed by atoms with E-state index in [1.54, 1.807) is 23.4 Å². The quantitative estimate of drug-likeness (QED) is 0.0794. The first-order valence-electron chi connectivity index (χ1n) is 26.6. The highest BCUT2D eigenvalue weighted by atomic mass is 32.2. The van der Waals surface area contributed by atoms with Crippen molar-refractivity contribution in [1.82, 2.24) is 40.6 Å². The molecule has 1 saturated carbocycles. The molecule has 1 spiro atoms. The van der Waals surface area contributed by atoms with Gasteiger partial charge >= 0.3 is 6.09 Å². The molecule has 18 heteroatoms. The van der Waals surface area contributed by atoms with Gasteiger partial charge in [-0.05, 0) is 140 Å². The molecule has 6 aliphatic rings. The average Bonchev–Trinajstić information content (AvgIpc) is 3.93. The molecule has 0 bridgehead atoms. The van der Waals surface area contributed by atoms with Crippen molar-refractivity contribution in [2.24, 2.45) is 11.3 Å². The number of unbranched alkanes of at least 4 members (excludes halogenated alkanes) is 3. The molecule has 3 aromatic rings. The second-order valence-corrected chi connectivity index (χ2v) is 23.9. The third-order valence-electron chi connectivity index (χ3n) is 15.8. The number of anilines is 2. The van der Waals surface area contributed by atoms with Gasteiger partial charge in [0.25, 0.3) is 5.91 Å². The molecule has 5 aliphatic heterocycles. The normalized spacial score (nSPS) is 22.9. The van der Waals surface area contributed by atoms with Crippen molar-refractivity contribution in [3.8, 4) is 0 Å². The number of likely N-dealkylation sites (tertiary alicyclic amines) is 2. The molecule has 17 nitrogen and oxygen atoms in total. The third kappa shape index (κ3) is 13.4. The van der Waals surface area contributed by atoms with Gasteiger partial charge in [-0.1, -0.05) is 42.8 Å². The Morgan fingerprint density at radius 1 is 0.877 bits per heavy atom. The summed E-state index contributed by atoms with van der Waals surface area (Å²) in [6.45, 7) is 15.6. The lowest BCUT2D eigenvalue weighted by molar-refractivity contribution is -0.137. The molecule has 6 heterocycles. The fourth-order valence-corrected chi connectivity index (χ4v) is 12.5. The number of nitrogens with one attached hydrogen (secondary N) is 4. The largest absolute Gasteiger partial charge is 0.444 e. The maximum absolute atomic E-state index is 13.3. The Bertz CT molecular complexity index is 2510. The van der Waals surface area contributed by atoms with Crippen LogP contribution in [-0.2, 0) is 37.0 Å². The van der Waals surface area contributed by atoms with E-state index in [9.17, 15) is 28.8 Å². The summed E-state index contributed by atoms with van der Waals surface area (Å²) in [5.74, 6) is 0.0422. The minimum Gasteiger partial charge on any atom is -0.444 e. The summed E-state index contributed by atoms with van der Waals surface area (Å²) < 4.78 is 5.47. The highest BCUT2D eigenvalue weighted by Crippen LogP contribution is 2.42. The van der Waals surface area contributed by atoms with Crippen molar-refractivity contribution in [3.05, 3.63) is 71.5 Å². The molecule has 1 atom stereocenters. The lowest BCUT2D eigenvalue weighted by atomic mass is 9.78. The molecular formula is C55H74N10O7S. The molecule has 4 N–H and O–H groups in total. The lowest BCUT2D eigenvalue weighted by Crippen LogP contribution is -2.58. The van der Waals surface area contributed by atoms with Gasteiger partial charge in [0.15, 0.2) is 0 Å². The Balaban J connectivity index is 0.606. The third-order valence-corrected chi connectivity index (χ3v) is 16.7.